The molecule has 0 aromatic heterocycles. The van der Waals surface area contributed by atoms with Gasteiger partial charge in [-0.3, -0.25) is 0 Å². The van der Waals surface area contributed by atoms with Crippen LogP contribution in [0.5, 0.6) is 0 Å². The van der Waals surface area contributed by atoms with E-state index in [1.807, 2.05) is 6.08 Å². The lowest BCUT2D eigenvalue weighted by molar-refractivity contribution is 0.322. The summed E-state index contributed by atoms with van der Waals surface area (Å²) in [4.78, 5) is 0. The monoisotopic (exact) mass is 127 g/mol. The molecule has 0 fully saturated rings. The molecule has 0 saturated carbocycles. The molecule has 0 rings (SSSR count). The standard InChI is InChI=1S/C8H17N/c1-5-6-7(9)8(2,3)4/h5,7H,1,6,9H2,2-4H3/t7-/m1/s1. The lowest BCUT2D eigenvalue weighted by atomic mass is 9.86. The SMILES string of the molecule is C=CC[C@@H](N)C(C)(C)C. The summed E-state index contributed by atoms with van der Waals surface area (Å²) in [5.74, 6) is 0. The van der Waals surface area contributed by atoms with Crippen molar-refractivity contribution in [1.82, 2.24) is 0 Å². The molecule has 0 bridgehead atoms. The molecule has 0 saturated heterocycles. The summed E-state index contributed by atoms with van der Waals surface area (Å²) in [6.45, 7) is 10.1. The van der Waals surface area contributed by atoms with E-state index in [0.29, 0.717) is 0 Å². The van der Waals surface area contributed by atoms with Gasteiger partial charge in [0.25, 0.3) is 0 Å². The Kier molecular flexibility index (Phi) is 2.92. The normalized spacial score (nSPS) is 15.1. The molecular formula is C8H17N. The summed E-state index contributed by atoms with van der Waals surface area (Å²) in [6.07, 6.45) is 2.78. The molecule has 0 amide bonds. The predicted molar refractivity (Wildman–Crippen MR) is 42.2 cm³/mol. The molecule has 0 aromatic carbocycles. The van der Waals surface area contributed by atoms with Crippen molar-refractivity contribution in [3.8, 4) is 0 Å². The van der Waals surface area contributed by atoms with E-state index in [0.717, 1.165) is 6.42 Å². The zero-order valence-electron chi connectivity index (χ0n) is 6.65. The van der Waals surface area contributed by atoms with Crippen LogP contribution in [0.15, 0.2) is 12.7 Å². The molecule has 0 radical (unpaired) electrons. The van der Waals surface area contributed by atoms with Crippen LogP contribution >= 0.6 is 0 Å². The minimum Gasteiger partial charge on any atom is -0.327 e. The number of hydrogen-bond donors (Lipinski definition) is 1. The topological polar surface area (TPSA) is 26.0 Å². The van der Waals surface area contributed by atoms with Crippen LogP contribution in [0.2, 0.25) is 0 Å². The maximum atomic E-state index is 5.79. The summed E-state index contributed by atoms with van der Waals surface area (Å²) in [6, 6.07) is 0.245. The molecule has 0 aliphatic rings. The number of hydrogen-bond acceptors (Lipinski definition) is 1. The maximum Gasteiger partial charge on any atom is 0.0122 e. The molecule has 0 unspecified atom stereocenters. The van der Waals surface area contributed by atoms with Gasteiger partial charge in [0.2, 0.25) is 0 Å². The van der Waals surface area contributed by atoms with Crippen LogP contribution in [-0.2, 0) is 0 Å². The lowest BCUT2D eigenvalue weighted by Crippen LogP contribution is -2.34. The third-order valence-electron chi connectivity index (χ3n) is 1.53. The third-order valence-corrected chi connectivity index (χ3v) is 1.53. The van der Waals surface area contributed by atoms with Gasteiger partial charge in [0, 0.05) is 6.04 Å². The molecule has 0 spiro atoms. The fourth-order valence-electron chi connectivity index (χ4n) is 0.533. The molecule has 0 aliphatic heterocycles. The average molecular weight is 127 g/mol. The molecular weight excluding hydrogens is 110 g/mol. The fraction of sp³-hybridized carbons (Fsp3) is 0.750. The van der Waals surface area contributed by atoms with Gasteiger partial charge in [0.1, 0.15) is 0 Å². The second kappa shape index (κ2) is 3.02. The minimum absolute atomic E-state index is 0.216. The van der Waals surface area contributed by atoms with Crippen LogP contribution in [0.1, 0.15) is 27.2 Å². The highest BCUT2D eigenvalue weighted by molar-refractivity contribution is 4.83. The number of nitrogens with two attached hydrogens (primary N) is 1. The number of rotatable bonds is 2. The summed E-state index contributed by atoms with van der Waals surface area (Å²) < 4.78 is 0. The molecule has 0 aromatic rings. The van der Waals surface area contributed by atoms with Gasteiger partial charge < -0.3 is 5.73 Å². The van der Waals surface area contributed by atoms with Crippen LogP contribution in [-0.4, -0.2) is 6.04 Å². The Morgan fingerprint density at radius 1 is 1.56 bits per heavy atom. The smallest absolute Gasteiger partial charge is 0.0122 e. The average Bonchev–Trinajstić information content (AvgIpc) is 1.64. The zero-order chi connectivity index (χ0) is 7.49. The van der Waals surface area contributed by atoms with E-state index in [2.05, 4.69) is 27.4 Å². The highest BCUT2D eigenvalue weighted by atomic mass is 14.7. The Labute approximate surface area is 57.9 Å². The molecule has 1 heteroatoms. The summed E-state index contributed by atoms with van der Waals surface area (Å²) in [5, 5.41) is 0. The Bertz CT molecular complexity index is 89.2. The van der Waals surface area contributed by atoms with Gasteiger partial charge >= 0.3 is 0 Å². The van der Waals surface area contributed by atoms with Crippen molar-refractivity contribution >= 4 is 0 Å². The van der Waals surface area contributed by atoms with Crippen LogP contribution in [0.25, 0.3) is 0 Å². The van der Waals surface area contributed by atoms with Crippen LogP contribution in [0, 0.1) is 5.41 Å². The van der Waals surface area contributed by atoms with Crippen molar-refractivity contribution in [2.45, 2.75) is 33.2 Å². The highest BCUT2D eigenvalue weighted by Gasteiger charge is 2.18. The molecule has 9 heavy (non-hydrogen) atoms. The minimum atomic E-state index is 0.216. The predicted octanol–water partition coefficient (Wildman–Crippen LogP) is 1.94. The first-order chi connectivity index (χ1) is 3.98. The molecule has 2 N–H and O–H groups in total. The van der Waals surface area contributed by atoms with Gasteiger partial charge in [-0.05, 0) is 11.8 Å². The summed E-state index contributed by atoms with van der Waals surface area (Å²) in [5.41, 5.74) is 6.01. The molecule has 1 atom stereocenters. The van der Waals surface area contributed by atoms with E-state index in [1.54, 1.807) is 0 Å². The Morgan fingerprint density at radius 3 is 2.11 bits per heavy atom. The molecule has 54 valence electrons. The second-order valence-corrected chi connectivity index (χ2v) is 3.50. The van der Waals surface area contributed by atoms with Gasteiger partial charge in [0.15, 0.2) is 0 Å². The molecule has 1 nitrogen and oxygen atoms in total. The maximum absolute atomic E-state index is 5.79. The van der Waals surface area contributed by atoms with Crippen molar-refractivity contribution < 1.29 is 0 Å². The van der Waals surface area contributed by atoms with Gasteiger partial charge in [0.05, 0.1) is 0 Å². The van der Waals surface area contributed by atoms with E-state index in [1.165, 1.54) is 0 Å². The summed E-state index contributed by atoms with van der Waals surface area (Å²) >= 11 is 0. The van der Waals surface area contributed by atoms with Crippen molar-refractivity contribution in [2.24, 2.45) is 11.1 Å². The van der Waals surface area contributed by atoms with Crippen molar-refractivity contribution in [2.75, 3.05) is 0 Å². The van der Waals surface area contributed by atoms with Crippen LogP contribution in [0.3, 0.4) is 0 Å². The Balaban J connectivity index is 3.72. The quantitative estimate of drug-likeness (QED) is 0.564. The molecule has 0 heterocycles. The van der Waals surface area contributed by atoms with Crippen molar-refractivity contribution in [3.05, 3.63) is 12.7 Å². The summed E-state index contributed by atoms with van der Waals surface area (Å²) in [7, 11) is 0. The van der Waals surface area contributed by atoms with Crippen LogP contribution in [0.4, 0.5) is 0 Å². The zero-order valence-corrected chi connectivity index (χ0v) is 6.65. The van der Waals surface area contributed by atoms with E-state index in [9.17, 15) is 0 Å². The van der Waals surface area contributed by atoms with E-state index in [-0.39, 0.29) is 11.5 Å². The van der Waals surface area contributed by atoms with E-state index >= 15 is 0 Å². The van der Waals surface area contributed by atoms with Gasteiger partial charge in [-0.2, -0.15) is 0 Å². The Morgan fingerprint density at radius 2 is 2.00 bits per heavy atom. The lowest BCUT2D eigenvalue weighted by Gasteiger charge is -2.25. The first-order valence-electron chi connectivity index (χ1n) is 3.35. The largest absolute Gasteiger partial charge is 0.327 e. The van der Waals surface area contributed by atoms with Gasteiger partial charge in [-0.1, -0.05) is 26.8 Å². The van der Waals surface area contributed by atoms with Gasteiger partial charge in [-0.25, -0.2) is 0 Å². The van der Waals surface area contributed by atoms with E-state index < -0.39 is 0 Å². The first-order valence-corrected chi connectivity index (χ1v) is 3.35. The van der Waals surface area contributed by atoms with Gasteiger partial charge in [-0.15, -0.1) is 6.58 Å². The van der Waals surface area contributed by atoms with E-state index in [4.69, 9.17) is 5.73 Å². The fourth-order valence-corrected chi connectivity index (χ4v) is 0.533. The molecule has 0 aliphatic carbocycles. The highest BCUT2D eigenvalue weighted by Crippen LogP contribution is 2.19. The van der Waals surface area contributed by atoms with Crippen LogP contribution < -0.4 is 5.73 Å². The third kappa shape index (κ3) is 3.31. The second-order valence-electron chi connectivity index (χ2n) is 3.50. The van der Waals surface area contributed by atoms with Crippen molar-refractivity contribution in [3.63, 3.8) is 0 Å². The first kappa shape index (κ1) is 8.70. The Hall–Kier alpha value is -0.300. The van der Waals surface area contributed by atoms with Crippen molar-refractivity contribution in [1.29, 1.82) is 0 Å².